The van der Waals surface area contributed by atoms with E-state index < -0.39 is 11.7 Å². The Balaban J connectivity index is 1.97. The van der Waals surface area contributed by atoms with E-state index in [-0.39, 0.29) is 5.56 Å². The van der Waals surface area contributed by atoms with E-state index in [9.17, 15) is 9.18 Å². The number of amides is 1. The lowest BCUT2D eigenvalue weighted by Gasteiger charge is -2.07. The largest absolute Gasteiger partial charge is 0.348 e. The molecule has 2 aromatic rings. The summed E-state index contributed by atoms with van der Waals surface area (Å²) in [7, 11) is 0. The van der Waals surface area contributed by atoms with Gasteiger partial charge in [0.15, 0.2) is 0 Å². The highest BCUT2D eigenvalue weighted by molar-refractivity contribution is 9.10. The van der Waals surface area contributed by atoms with Gasteiger partial charge in [0.05, 0.1) is 5.56 Å². The van der Waals surface area contributed by atoms with Gasteiger partial charge in [-0.25, -0.2) is 4.39 Å². The Kier molecular flexibility index (Phi) is 5.47. The highest BCUT2D eigenvalue weighted by atomic mass is 79.9. The van der Waals surface area contributed by atoms with Gasteiger partial charge in [-0.3, -0.25) is 4.79 Å². The molecule has 0 atom stereocenters. The molecule has 5 heteroatoms. The molecule has 0 saturated heterocycles. The predicted octanol–water partition coefficient (Wildman–Crippen LogP) is 3.02. The number of nitrogens with one attached hydrogen (secondary N) is 1. The molecule has 0 aliphatic rings. The number of hydrogen-bond acceptors (Lipinski definition) is 2. The summed E-state index contributed by atoms with van der Waals surface area (Å²) in [6.45, 7) is 0.968. The van der Waals surface area contributed by atoms with Gasteiger partial charge in [0.2, 0.25) is 0 Å². The first kappa shape index (κ1) is 15.7. The van der Waals surface area contributed by atoms with E-state index in [0.29, 0.717) is 17.6 Å². The molecule has 21 heavy (non-hydrogen) atoms. The van der Waals surface area contributed by atoms with Gasteiger partial charge in [0.25, 0.3) is 5.91 Å². The summed E-state index contributed by atoms with van der Waals surface area (Å²) in [5.74, 6) is -0.966. The Labute approximate surface area is 131 Å². The monoisotopic (exact) mass is 350 g/mol. The van der Waals surface area contributed by atoms with Crippen molar-refractivity contribution in [2.45, 2.75) is 13.0 Å². The van der Waals surface area contributed by atoms with E-state index in [4.69, 9.17) is 5.73 Å². The molecular weight excluding hydrogens is 335 g/mol. The second-order valence-corrected chi connectivity index (χ2v) is 5.58. The minimum atomic E-state index is -0.542. The summed E-state index contributed by atoms with van der Waals surface area (Å²) in [4.78, 5) is 11.9. The average molecular weight is 351 g/mol. The van der Waals surface area contributed by atoms with Crippen molar-refractivity contribution in [3.05, 3.63) is 69.4 Å². The van der Waals surface area contributed by atoms with E-state index in [1.165, 1.54) is 12.1 Å². The number of carbonyl (C=O) groups excluding carboxylic acids is 1. The van der Waals surface area contributed by atoms with E-state index in [2.05, 4.69) is 21.2 Å². The molecule has 2 rings (SSSR count). The second kappa shape index (κ2) is 7.33. The quantitative estimate of drug-likeness (QED) is 0.870. The lowest BCUT2D eigenvalue weighted by Crippen LogP contribution is -2.23. The summed E-state index contributed by atoms with van der Waals surface area (Å²) < 4.78 is 14.3. The number of rotatable bonds is 5. The van der Waals surface area contributed by atoms with Crippen LogP contribution in [0.2, 0.25) is 0 Å². The van der Waals surface area contributed by atoms with Crippen molar-refractivity contribution in [3.8, 4) is 0 Å². The number of nitrogens with two attached hydrogens (primary N) is 1. The molecule has 3 N–H and O–H groups in total. The molecule has 0 fully saturated rings. The van der Waals surface area contributed by atoms with Crippen LogP contribution in [0.3, 0.4) is 0 Å². The maximum atomic E-state index is 13.7. The van der Waals surface area contributed by atoms with Gasteiger partial charge in [-0.1, -0.05) is 40.2 Å². The van der Waals surface area contributed by atoms with Gasteiger partial charge in [0, 0.05) is 11.0 Å². The molecule has 3 nitrogen and oxygen atoms in total. The van der Waals surface area contributed by atoms with E-state index in [1.807, 2.05) is 24.3 Å². The molecule has 0 unspecified atom stereocenters. The zero-order chi connectivity index (χ0) is 15.2. The SMILES string of the molecule is NCCc1ccc(CNC(=O)c2ccc(Br)cc2F)cc1. The van der Waals surface area contributed by atoms with E-state index in [1.54, 1.807) is 6.07 Å². The van der Waals surface area contributed by atoms with Crippen LogP contribution in [-0.2, 0) is 13.0 Å². The minimum absolute atomic E-state index is 0.0398. The van der Waals surface area contributed by atoms with Gasteiger partial charge in [0.1, 0.15) is 5.82 Å². The van der Waals surface area contributed by atoms with Crippen molar-refractivity contribution in [1.29, 1.82) is 0 Å². The molecular formula is C16H16BrFN2O. The van der Waals surface area contributed by atoms with Crippen LogP contribution in [0, 0.1) is 5.82 Å². The lowest BCUT2D eigenvalue weighted by atomic mass is 10.1. The summed E-state index contributed by atoms with van der Waals surface area (Å²) in [6.07, 6.45) is 0.830. The second-order valence-electron chi connectivity index (χ2n) is 4.66. The first-order chi connectivity index (χ1) is 10.1. The predicted molar refractivity (Wildman–Crippen MR) is 84.5 cm³/mol. The van der Waals surface area contributed by atoms with Crippen LogP contribution in [-0.4, -0.2) is 12.5 Å². The van der Waals surface area contributed by atoms with Crippen LogP contribution >= 0.6 is 15.9 Å². The van der Waals surface area contributed by atoms with Crippen LogP contribution in [0.15, 0.2) is 46.9 Å². The minimum Gasteiger partial charge on any atom is -0.348 e. The summed E-state index contributed by atoms with van der Waals surface area (Å²) in [6, 6.07) is 12.2. The number of benzene rings is 2. The third-order valence-corrected chi connectivity index (χ3v) is 3.58. The van der Waals surface area contributed by atoms with Gasteiger partial charge >= 0.3 is 0 Å². The molecule has 0 aromatic heterocycles. The molecule has 0 spiro atoms. The zero-order valence-corrected chi connectivity index (χ0v) is 13.0. The summed E-state index contributed by atoms with van der Waals surface area (Å²) >= 11 is 3.16. The molecule has 2 aromatic carbocycles. The van der Waals surface area contributed by atoms with Crippen molar-refractivity contribution in [2.75, 3.05) is 6.54 Å². The first-order valence-electron chi connectivity index (χ1n) is 6.61. The summed E-state index contributed by atoms with van der Waals surface area (Å²) in [5, 5.41) is 2.71. The molecule has 0 bridgehead atoms. The van der Waals surface area contributed by atoms with Crippen LogP contribution < -0.4 is 11.1 Å². The van der Waals surface area contributed by atoms with Crippen molar-refractivity contribution < 1.29 is 9.18 Å². The number of hydrogen-bond donors (Lipinski definition) is 2. The third-order valence-electron chi connectivity index (χ3n) is 3.08. The molecule has 1 amide bonds. The van der Waals surface area contributed by atoms with Crippen molar-refractivity contribution in [1.82, 2.24) is 5.32 Å². The standard InChI is InChI=1S/C16H16BrFN2O/c17-13-5-6-14(15(18)9-13)16(21)20-10-12-3-1-11(2-4-12)7-8-19/h1-6,9H,7-8,10,19H2,(H,20,21). The fourth-order valence-corrected chi connectivity index (χ4v) is 2.27. The topological polar surface area (TPSA) is 55.1 Å². The van der Waals surface area contributed by atoms with Crippen molar-refractivity contribution in [2.24, 2.45) is 5.73 Å². The number of halogens is 2. The third kappa shape index (κ3) is 4.37. The van der Waals surface area contributed by atoms with Crippen molar-refractivity contribution >= 4 is 21.8 Å². The number of carbonyl (C=O) groups is 1. The molecule has 0 saturated carbocycles. The highest BCUT2D eigenvalue weighted by Gasteiger charge is 2.11. The molecule has 0 heterocycles. The van der Waals surface area contributed by atoms with Crippen LogP contribution in [0.5, 0.6) is 0 Å². The molecule has 0 aliphatic heterocycles. The van der Waals surface area contributed by atoms with E-state index >= 15 is 0 Å². The van der Waals surface area contributed by atoms with Crippen molar-refractivity contribution in [3.63, 3.8) is 0 Å². The Morgan fingerprint density at radius 2 is 1.81 bits per heavy atom. The first-order valence-corrected chi connectivity index (χ1v) is 7.40. The molecule has 110 valence electrons. The fourth-order valence-electron chi connectivity index (χ4n) is 1.94. The Morgan fingerprint density at radius 3 is 2.43 bits per heavy atom. The fraction of sp³-hybridized carbons (Fsp3) is 0.188. The van der Waals surface area contributed by atoms with Gasteiger partial charge in [-0.05, 0) is 42.3 Å². The van der Waals surface area contributed by atoms with Crippen LogP contribution in [0.25, 0.3) is 0 Å². The Bertz CT molecular complexity index is 629. The lowest BCUT2D eigenvalue weighted by molar-refractivity contribution is 0.0947. The van der Waals surface area contributed by atoms with Crippen LogP contribution in [0.1, 0.15) is 21.5 Å². The Morgan fingerprint density at radius 1 is 1.14 bits per heavy atom. The van der Waals surface area contributed by atoms with Gasteiger partial charge in [-0.2, -0.15) is 0 Å². The Hall–Kier alpha value is -1.72. The van der Waals surface area contributed by atoms with Crippen LogP contribution in [0.4, 0.5) is 4.39 Å². The normalized spacial score (nSPS) is 10.4. The average Bonchev–Trinajstić information content (AvgIpc) is 2.46. The van der Waals surface area contributed by atoms with Gasteiger partial charge in [-0.15, -0.1) is 0 Å². The summed E-state index contributed by atoms with van der Waals surface area (Å²) in [5.41, 5.74) is 7.65. The van der Waals surface area contributed by atoms with Gasteiger partial charge < -0.3 is 11.1 Å². The maximum Gasteiger partial charge on any atom is 0.254 e. The molecule has 0 aliphatic carbocycles. The molecule has 0 radical (unpaired) electrons. The highest BCUT2D eigenvalue weighted by Crippen LogP contribution is 2.15. The smallest absolute Gasteiger partial charge is 0.254 e. The maximum absolute atomic E-state index is 13.7. The zero-order valence-electron chi connectivity index (χ0n) is 11.4. The van der Waals surface area contributed by atoms with E-state index in [0.717, 1.165) is 17.5 Å².